The topological polar surface area (TPSA) is 76.8 Å². The second-order valence-corrected chi connectivity index (χ2v) is 6.32. The Labute approximate surface area is 151 Å². The summed E-state index contributed by atoms with van der Waals surface area (Å²) in [6, 6.07) is 15.6. The number of tetrazole rings is 1. The number of carbonyl (C=O) groups is 1. The zero-order valence-electron chi connectivity index (χ0n) is 14.4. The van der Waals surface area contributed by atoms with Gasteiger partial charge in [0, 0.05) is 24.7 Å². The molecule has 26 heavy (non-hydrogen) atoms. The molecule has 0 bridgehead atoms. The third kappa shape index (κ3) is 3.46. The molecule has 1 aliphatic heterocycles. The molecule has 0 N–H and O–H groups in total. The Kier molecular flexibility index (Phi) is 4.68. The van der Waals surface area contributed by atoms with Gasteiger partial charge in [0.1, 0.15) is 0 Å². The van der Waals surface area contributed by atoms with Crippen molar-refractivity contribution in [3.8, 4) is 11.4 Å². The van der Waals surface area contributed by atoms with Gasteiger partial charge in [0.15, 0.2) is 0 Å². The van der Waals surface area contributed by atoms with Crippen molar-refractivity contribution in [1.29, 1.82) is 0 Å². The van der Waals surface area contributed by atoms with Crippen molar-refractivity contribution < 1.29 is 4.79 Å². The summed E-state index contributed by atoms with van der Waals surface area (Å²) >= 11 is 0. The number of benzene rings is 1. The molecule has 0 aliphatic carbocycles. The molecule has 1 aromatic carbocycles. The van der Waals surface area contributed by atoms with Crippen LogP contribution in [0.5, 0.6) is 0 Å². The molecule has 0 spiro atoms. The Morgan fingerprint density at radius 3 is 2.77 bits per heavy atom. The maximum atomic E-state index is 12.7. The number of hydrogen-bond acceptors (Lipinski definition) is 5. The summed E-state index contributed by atoms with van der Waals surface area (Å²) in [4.78, 5) is 20.5. The molecule has 7 nitrogen and oxygen atoms in total. The van der Waals surface area contributed by atoms with Crippen molar-refractivity contribution in [2.45, 2.75) is 31.8 Å². The number of aryl methyl sites for hydroxylation is 1. The molecular formula is C19H20N6O. The Hall–Kier alpha value is -3.09. The average Bonchev–Trinajstić information content (AvgIpc) is 3.37. The second kappa shape index (κ2) is 7.43. The summed E-state index contributed by atoms with van der Waals surface area (Å²) in [6.45, 7) is 1.20. The lowest BCUT2D eigenvalue weighted by Crippen LogP contribution is -2.31. The van der Waals surface area contributed by atoms with Crippen LogP contribution >= 0.6 is 0 Å². The van der Waals surface area contributed by atoms with Crippen molar-refractivity contribution in [3.05, 3.63) is 60.4 Å². The van der Waals surface area contributed by atoms with Crippen LogP contribution in [0.4, 0.5) is 0 Å². The van der Waals surface area contributed by atoms with E-state index >= 15 is 0 Å². The van der Waals surface area contributed by atoms with Crippen LogP contribution in [-0.2, 0) is 11.3 Å². The molecule has 0 radical (unpaired) electrons. The zero-order valence-corrected chi connectivity index (χ0v) is 14.4. The van der Waals surface area contributed by atoms with Crippen LogP contribution in [0.15, 0.2) is 54.7 Å². The molecule has 1 aliphatic rings. The second-order valence-electron chi connectivity index (χ2n) is 6.32. The van der Waals surface area contributed by atoms with Gasteiger partial charge in [-0.1, -0.05) is 36.4 Å². The quantitative estimate of drug-likeness (QED) is 0.708. The molecular weight excluding hydrogens is 328 g/mol. The van der Waals surface area contributed by atoms with Crippen molar-refractivity contribution in [3.63, 3.8) is 0 Å². The summed E-state index contributed by atoms with van der Waals surface area (Å²) in [5.74, 6) is 0.683. The standard InChI is InChI=1S/C19H20N6O/c26-18(24-13-6-10-17(24)16-9-4-5-12-20-16)11-14-25-22-19(21-23-25)15-7-2-1-3-8-15/h1-5,7-9,12,17H,6,10-11,13-14H2/t17-/m0/s1. The predicted molar refractivity (Wildman–Crippen MR) is 95.8 cm³/mol. The molecule has 1 amide bonds. The van der Waals surface area contributed by atoms with Gasteiger partial charge < -0.3 is 4.90 Å². The number of aromatic nitrogens is 5. The van der Waals surface area contributed by atoms with Crippen LogP contribution in [0.25, 0.3) is 11.4 Å². The summed E-state index contributed by atoms with van der Waals surface area (Å²) in [5, 5.41) is 12.5. The van der Waals surface area contributed by atoms with E-state index < -0.39 is 0 Å². The molecule has 1 saturated heterocycles. The fourth-order valence-corrected chi connectivity index (χ4v) is 3.33. The Bertz CT molecular complexity index is 864. The minimum Gasteiger partial charge on any atom is -0.334 e. The first-order valence-corrected chi connectivity index (χ1v) is 8.85. The maximum Gasteiger partial charge on any atom is 0.225 e. The third-order valence-electron chi connectivity index (χ3n) is 4.61. The van der Waals surface area contributed by atoms with Gasteiger partial charge in [0.25, 0.3) is 0 Å². The normalized spacial score (nSPS) is 16.8. The lowest BCUT2D eigenvalue weighted by Gasteiger charge is -2.24. The minimum atomic E-state index is 0.0762. The van der Waals surface area contributed by atoms with Crippen LogP contribution in [-0.4, -0.2) is 42.5 Å². The molecule has 0 unspecified atom stereocenters. The summed E-state index contributed by atoms with van der Waals surface area (Å²) in [6.07, 6.45) is 4.10. The largest absolute Gasteiger partial charge is 0.334 e. The molecule has 4 rings (SSSR count). The fraction of sp³-hybridized carbons (Fsp3) is 0.316. The predicted octanol–water partition coefficient (Wildman–Crippen LogP) is 2.49. The summed E-state index contributed by atoms with van der Waals surface area (Å²) < 4.78 is 0. The summed E-state index contributed by atoms with van der Waals surface area (Å²) in [5.41, 5.74) is 1.88. The van der Waals surface area contributed by atoms with Gasteiger partial charge in [-0.2, -0.15) is 4.80 Å². The minimum absolute atomic E-state index is 0.0762. The van der Waals surface area contributed by atoms with Crippen molar-refractivity contribution in [2.24, 2.45) is 0 Å². The van der Waals surface area contributed by atoms with E-state index in [0.29, 0.717) is 18.8 Å². The van der Waals surface area contributed by atoms with E-state index in [4.69, 9.17) is 0 Å². The van der Waals surface area contributed by atoms with Crippen molar-refractivity contribution in [2.75, 3.05) is 6.54 Å². The molecule has 3 aromatic rings. The lowest BCUT2D eigenvalue weighted by molar-refractivity contribution is -0.132. The summed E-state index contributed by atoms with van der Waals surface area (Å²) in [7, 11) is 0. The van der Waals surface area contributed by atoms with E-state index in [1.165, 1.54) is 4.80 Å². The highest BCUT2D eigenvalue weighted by atomic mass is 16.2. The number of nitrogens with zero attached hydrogens (tertiary/aromatic N) is 6. The van der Waals surface area contributed by atoms with Crippen LogP contribution in [0.1, 0.15) is 31.0 Å². The molecule has 3 heterocycles. The molecule has 1 fully saturated rings. The van der Waals surface area contributed by atoms with Crippen LogP contribution in [0.3, 0.4) is 0 Å². The highest BCUT2D eigenvalue weighted by molar-refractivity contribution is 5.76. The molecule has 0 saturated carbocycles. The van der Waals surface area contributed by atoms with Gasteiger partial charge in [-0.15, -0.1) is 10.2 Å². The Balaban J connectivity index is 1.39. The monoisotopic (exact) mass is 348 g/mol. The van der Waals surface area contributed by atoms with Gasteiger partial charge in [0.2, 0.25) is 11.7 Å². The van der Waals surface area contributed by atoms with Gasteiger partial charge in [-0.25, -0.2) is 0 Å². The molecule has 7 heteroatoms. The smallest absolute Gasteiger partial charge is 0.225 e. The van der Waals surface area contributed by atoms with Crippen molar-refractivity contribution >= 4 is 5.91 Å². The van der Waals surface area contributed by atoms with E-state index in [-0.39, 0.29) is 11.9 Å². The van der Waals surface area contributed by atoms with Gasteiger partial charge in [-0.3, -0.25) is 9.78 Å². The number of hydrogen-bond donors (Lipinski definition) is 0. The van der Waals surface area contributed by atoms with Gasteiger partial charge in [0.05, 0.1) is 18.3 Å². The fourth-order valence-electron chi connectivity index (χ4n) is 3.33. The highest BCUT2D eigenvalue weighted by Gasteiger charge is 2.30. The van der Waals surface area contributed by atoms with Crippen molar-refractivity contribution in [1.82, 2.24) is 30.1 Å². The molecule has 2 aromatic heterocycles. The lowest BCUT2D eigenvalue weighted by atomic mass is 10.1. The Morgan fingerprint density at radius 1 is 1.12 bits per heavy atom. The third-order valence-corrected chi connectivity index (χ3v) is 4.61. The van der Waals surface area contributed by atoms with E-state index in [9.17, 15) is 4.79 Å². The molecule has 1 atom stereocenters. The Morgan fingerprint density at radius 2 is 1.96 bits per heavy atom. The zero-order chi connectivity index (χ0) is 17.8. The number of likely N-dealkylation sites (tertiary alicyclic amines) is 1. The number of rotatable bonds is 5. The van der Waals surface area contributed by atoms with Crippen LogP contribution < -0.4 is 0 Å². The van der Waals surface area contributed by atoms with Crippen LogP contribution in [0, 0.1) is 0 Å². The van der Waals surface area contributed by atoms with Gasteiger partial charge >= 0.3 is 0 Å². The first kappa shape index (κ1) is 16.4. The van der Waals surface area contributed by atoms with E-state index in [1.54, 1.807) is 6.20 Å². The number of pyridine rings is 1. The SMILES string of the molecule is O=C(CCn1nnc(-c2ccccc2)n1)N1CCC[C@H]1c1ccccn1. The van der Waals surface area contributed by atoms with Crippen LogP contribution in [0.2, 0.25) is 0 Å². The number of carbonyl (C=O) groups excluding carboxylic acids is 1. The highest BCUT2D eigenvalue weighted by Crippen LogP contribution is 2.31. The first-order chi connectivity index (χ1) is 12.8. The maximum absolute atomic E-state index is 12.7. The average molecular weight is 348 g/mol. The van der Waals surface area contributed by atoms with Gasteiger partial charge in [-0.05, 0) is 30.2 Å². The molecule has 132 valence electrons. The first-order valence-electron chi connectivity index (χ1n) is 8.85. The van der Waals surface area contributed by atoms with E-state index in [0.717, 1.165) is 30.6 Å². The van der Waals surface area contributed by atoms with E-state index in [1.807, 2.05) is 53.4 Å². The van der Waals surface area contributed by atoms with E-state index in [2.05, 4.69) is 20.4 Å². The number of amides is 1.